The van der Waals surface area contributed by atoms with Gasteiger partial charge in [-0.05, 0) is 38.0 Å². The van der Waals surface area contributed by atoms with Crippen LogP contribution in [0.15, 0.2) is 18.2 Å². The Kier molecular flexibility index (Phi) is 7.45. The molecule has 0 bridgehead atoms. The summed E-state index contributed by atoms with van der Waals surface area (Å²) < 4.78 is 11.7. The van der Waals surface area contributed by atoms with Gasteiger partial charge in [-0.15, -0.1) is 0 Å². The van der Waals surface area contributed by atoms with Crippen molar-refractivity contribution in [3.63, 3.8) is 0 Å². The summed E-state index contributed by atoms with van der Waals surface area (Å²) in [5, 5.41) is 3.42. The van der Waals surface area contributed by atoms with Gasteiger partial charge in [-0.25, -0.2) is 0 Å². The van der Waals surface area contributed by atoms with E-state index in [1.54, 1.807) is 0 Å². The van der Waals surface area contributed by atoms with Crippen molar-refractivity contribution >= 4 is 0 Å². The van der Waals surface area contributed by atoms with E-state index in [-0.39, 0.29) is 6.10 Å². The third-order valence-corrected chi connectivity index (χ3v) is 3.05. The Morgan fingerprint density at radius 3 is 2.45 bits per heavy atom. The van der Waals surface area contributed by atoms with E-state index in [1.165, 1.54) is 5.56 Å². The molecule has 0 amide bonds. The first-order valence-electron chi connectivity index (χ1n) is 7.72. The molecule has 0 aromatic heterocycles. The smallest absolute Gasteiger partial charge is 0.161 e. The maximum atomic E-state index is 5.97. The van der Waals surface area contributed by atoms with Crippen LogP contribution in [0.1, 0.15) is 53.0 Å². The second-order valence-corrected chi connectivity index (χ2v) is 5.47. The monoisotopic (exact) mass is 279 g/mol. The summed E-state index contributed by atoms with van der Waals surface area (Å²) >= 11 is 0. The minimum absolute atomic E-state index is 0.221. The maximum absolute atomic E-state index is 5.97. The van der Waals surface area contributed by atoms with Crippen molar-refractivity contribution < 1.29 is 9.47 Å². The molecule has 0 saturated heterocycles. The minimum Gasteiger partial charge on any atom is -0.490 e. The molecule has 1 unspecified atom stereocenters. The number of hydrogen-bond acceptors (Lipinski definition) is 3. The van der Waals surface area contributed by atoms with Gasteiger partial charge in [-0.3, -0.25) is 0 Å². The lowest BCUT2D eigenvalue weighted by Crippen LogP contribution is -2.21. The lowest BCUT2D eigenvalue weighted by atomic mass is 10.2. The molecule has 0 saturated carbocycles. The van der Waals surface area contributed by atoms with Crippen LogP contribution in [0.3, 0.4) is 0 Å². The van der Waals surface area contributed by atoms with Crippen LogP contribution < -0.4 is 14.8 Å². The number of hydrogen-bond donors (Lipinski definition) is 1. The van der Waals surface area contributed by atoms with E-state index < -0.39 is 0 Å². The fraction of sp³-hybridized carbons (Fsp3) is 0.647. The summed E-state index contributed by atoms with van der Waals surface area (Å²) in [6, 6.07) is 6.68. The average molecular weight is 279 g/mol. The van der Waals surface area contributed by atoms with Gasteiger partial charge in [-0.1, -0.05) is 33.3 Å². The SMILES string of the molecule is CCCC(C)Oc1ccc(CNC(C)C)cc1OCC. The molecule has 1 atom stereocenters. The van der Waals surface area contributed by atoms with E-state index in [4.69, 9.17) is 9.47 Å². The predicted molar refractivity (Wildman–Crippen MR) is 84.6 cm³/mol. The molecular formula is C17H29NO2. The Morgan fingerprint density at radius 2 is 1.85 bits per heavy atom. The molecule has 1 aromatic rings. The minimum atomic E-state index is 0.221. The van der Waals surface area contributed by atoms with Crippen LogP contribution in [0.4, 0.5) is 0 Å². The molecule has 0 heterocycles. The number of nitrogens with one attached hydrogen (secondary N) is 1. The largest absolute Gasteiger partial charge is 0.490 e. The zero-order valence-electron chi connectivity index (χ0n) is 13.5. The molecule has 0 aliphatic carbocycles. The number of benzene rings is 1. The Balaban J connectivity index is 2.78. The Morgan fingerprint density at radius 1 is 1.10 bits per heavy atom. The second kappa shape index (κ2) is 8.85. The molecule has 0 aliphatic heterocycles. The van der Waals surface area contributed by atoms with Crippen LogP contribution in [-0.2, 0) is 6.54 Å². The highest BCUT2D eigenvalue weighted by molar-refractivity contribution is 5.43. The lowest BCUT2D eigenvalue weighted by molar-refractivity contribution is 0.197. The van der Waals surface area contributed by atoms with Gasteiger partial charge in [-0.2, -0.15) is 0 Å². The maximum Gasteiger partial charge on any atom is 0.161 e. The van der Waals surface area contributed by atoms with Crippen molar-refractivity contribution in [2.24, 2.45) is 0 Å². The number of rotatable bonds is 9. The summed E-state index contributed by atoms with van der Waals surface area (Å²) in [5.41, 5.74) is 1.22. The molecule has 20 heavy (non-hydrogen) atoms. The van der Waals surface area contributed by atoms with E-state index in [2.05, 4.69) is 45.1 Å². The Labute approximate surface area is 123 Å². The van der Waals surface area contributed by atoms with Crippen molar-refractivity contribution in [3.05, 3.63) is 23.8 Å². The molecule has 0 spiro atoms. The van der Waals surface area contributed by atoms with Crippen molar-refractivity contribution in [2.45, 2.75) is 66.2 Å². The fourth-order valence-corrected chi connectivity index (χ4v) is 2.03. The van der Waals surface area contributed by atoms with E-state index in [0.717, 1.165) is 30.9 Å². The third kappa shape index (κ3) is 5.83. The Bertz CT molecular complexity index is 391. The molecule has 0 fully saturated rings. The fourth-order valence-electron chi connectivity index (χ4n) is 2.03. The summed E-state index contributed by atoms with van der Waals surface area (Å²) in [6.07, 6.45) is 2.41. The highest BCUT2D eigenvalue weighted by atomic mass is 16.5. The first-order valence-corrected chi connectivity index (χ1v) is 7.72. The molecule has 1 rings (SSSR count). The summed E-state index contributed by atoms with van der Waals surface area (Å²) in [7, 11) is 0. The van der Waals surface area contributed by atoms with Gasteiger partial charge in [0.05, 0.1) is 12.7 Å². The second-order valence-electron chi connectivity index (χ2n) is 5.47. The van der Waals surface area contributed by atoms with Crippen LogP contribution in [-0.4, -0.2) is 18.8 Å². The van der Waals surface area contributed by atoms with E-state index in [1.807, 2.05) is 13.0 Å². The molecule has 1 N–H and O–H groups in total. The van der Waals surface area contributed by atoms with Gasteiger partial charge < -0.3 is 14.8 Å². The van der Waals surface area contributed by atoms with Crippen LogP contribution >= 0.6 is 0 Å². The van der Waals surface area contributed by atoms with Crippen molar-refractivity contribution in [2.75, 3.05) is 6.61 Å². The van der Waals surface area contributed by atoms with Crippen LogP contribution in [0.5, 0.6) is 11.5 Å². The zero-order valence-corrected chi connectivity index (χ0v) is 13.5. The molecule has 1 aromatic carbocycles. The van der Waals surface area contributed by atoms with Gasteiger partial charge in [0.15, 0.2) is 11.5 Å². The van der Waals surface area contributed by atoms with Gasteiger partial charge in [0, 0.05) is 12.6 Å². The lowest BCUT2D eigenvalue weighted by Gasteiger charge is -2.18. The molecule has 114 valence electrons. The summed E-state index contributed by atoms with van der Waals surface area (Å²) in [6.45, 7) is 12.1. The van der Waals surface area contributed by atoms with Crippen molar-refractivity contribution in [3.8, 4) is 11.5 Å². The highest BCUT2D eigenvalue weighted by Gasteiger charge is 2.10. The van der Waals surface area contributed by atoms with Gasteiger partial charge in [0.25, 0.3) is 0 Å². The topological polar surface area (TPSA) is 30.5 Å². The standard InChI is InChI=1S/C17H29NO2/c1-6-8-14(5)20-16-10-9-15(12-18-13(3)4)11-17(16)19-7-2/h9-11,13-14,18H,6-8,12H2,1-5H3. The summed E-state index contributed by atoms with van der Waals surface area (Å²) in [4.78, 5) is 0. The first kappa shape index (κ1) is 16.8. The Hall–Kier alpha value is -1.22. The van der Waals surface area contributed by atoms with Crippen LogP contribution in [0, 0.1) is 0 Å². The molecule has 3 heteroatoms. The zero-order chi connectivity index (χ0) is 15.0. The molecule has 3 nitrogen and oxygen atoms in total. The van der Waals surface area contributed by atoms with Gasteiger partial charge >= 0.3 is 0 Å². The highest BCUT2D eigenvalue weighted by Crippen LogP contribution is 2.30. The normalized spacial score (nSPS) is 12.5. The van der Waals surface area contributed by atoms with Crippen LogP contribution in [0.2, 0.25) is 0 Å². The average Bonchev–Trinajstić information content (AvgIpc) is 2.39. The first-order chi connectivity index (χ1) is 9.56. The molecule has 0 aliphatic rings. The number of ether oxygens (including phenoxy) is 2. The van der Waals surface area contributed by atoms with E-state index in [0.29, 0.717) is 12.6 Å². The van der Waals surface area contributed by atoms with Crippen molar-refractivity contribution in [1.82, 2.24) is 5.32 Å². The quantitative estimate of drug-likeness (QED) is 0.736. The molecule has 0 radical (unpaired) electrons. The van der Waals surface area contributed by atoms with Crippen molar-refractivity contribution in [1.29, 1.82) is 0 Å². The van der Waals surface area contributed by atoms with Crippen LogP contribution in [0.25, 0.3) is 0 Å². The predicted octanol–water partition coefficient (Wildman–Crippen LogP) is 4.15. The van der Waals surface area contributed by atoms with Gasteiger partial charge in [0.1, 0.15) is 0 Å². The van der Waals surface area contributed by atoms with E-state index in [9.17, 15) is 0 Å². The summed E-state index contributed by atoms with van der Waals surface area (Å²) in [5.74, 6) is 1.69. The van der Waals surface area contributed by atoms with Gasteiger partial charge in [0.2, 0.25) is 0 Å². The van der Waals surface area contributed by atoms with E-state index >= 15 is 0 Å². The molecular weight excluding hydrogens is 250 g/mol. The third-order valence-electron chi connectivity index (χ3n) is 3.05.